The average molecular weight is 244 g/mol. The fraction of sp³-hybridized carbons (Fsp3) is 0.400. The lowest BCUT2D eigenvalue weighted by atomic mass is 10.1. The van der Waals surface area contributed by atoms with Gasteiger partial charge in [-0.25, -0.2) is 0 Å². The number of hydrogen-bond acceptors (Lipinski definition) is 1. The van der Waals surface area contributed by atoms with Gasteiger partial charge in [0, 0.05) is 17.8 Å². The molecule has 0 spiro atoms. The second kappa shape index (κ2) is 5.71. The summed E-state index contributed by atoms with van der Waals surface area (Å²) in [6, 6.07) is 10.4. The van der Waals surface area contributed by atoms with E-state index >= 15 is 0 Å². The molecule has 1 heterocycles. The molecule has 1 aromatic heterocycles. The van der Waals surface area contributed by atoms with E-state index in [9.17, 15) is 4.79 Å². The summed E-state index contributed by atoms with van der Waals surface area (Å²) in [7, 11) is 0. The summed E-state index contributed by atoms with van der Waals surface area (Å²) in [6.45, 7) is 4.71. The normalized spacial score (nSPS) is 10.8. The summed E-state index contributed by atoms with van der Waals surface area (Å²) in [5.41, 5.74) is 3.36. The lowest BCUT2D eigenvalue weighted by Crippen LogP contribution is -2.18. The molecule has 3 nitrogen and oxygen atoms in total. The van der Waals surface area contributed by atoms with Crippen molar-refractivity contribution in [2.45, 2.75) is 39.7 Å². The topological polar surface area (TPSA) is 37.8 Å². The maximum Gasteiger partial charge on any atom is 0.269 e. The van der Waals surface area contributed by atoms with Gasteiger partial charge in [-0.2, -0.15) is 0 Å². The van der Waals surface area contributed by atoms with Crippen LogP contribution in [0.3, 0.4) is 0 Å². The fourth-order valence-electron chi connectivity index (χ4n) is 2.22. The van der Waals surface area contributed by atoms with Crippen LogP contribution >= 0.6 is 0 Å². The summed E-state index contributed by atoms with van der Waals surface area (Å²) in [5, 5.41) is 3.19. The number of nitrogens with one attached hydrogen (secondary N) is 1. The number of nitrogens with zero attached hydrogens (tertiary/aromatic N) is 1. The third-order valence-electron chi connectivity index (χ3n) is 3.33. The first kappa shape index (κ1) is 12.7. The van der Waals surface area contributed by atoms with Crippen LogP contribution in [-0.2, 0) is 19.4 Å². The third-order valence-corrected chi connectivity index (χ3v) is 3.33. The van der Waals surface area contributed by atoms with Gasteiger partial charge in [-0.05, 0) is 31.7 Å². The molecule has 0 radical (unpaired) electrons. The van der Waals surface area contributed by atoms with Gasteiger partial charge in [0.1, 0.15) is 0 Å². The van der Waals surface area contributed by atoms with Crippen LogP contribution in [0.4, 0.5) is 0 Å². The Hall–Kier alpha value is -1.77. The minimum Gasteiger partial charge on any atom is -0.299 e. The molecule has 0 aliphatic heterocycles. The van der Waals surface area contributed by atoms with Gasteiger partial charge in [0.25, 0.3) is 5.56 Å². The molecule has 3 heteroatoms. The Labute approximate surface area is 107 Å². The Bertz CT molecular complexity index is 552. The second-order valence-corrected chi connectivity index (χ2v) is 4.61. The maximum absolute atomic E-state index is 11.9. The minimum atomic E-state index is 0.125. The summed E-state index contributed by atoms with van der Waals surface area (Å²) in [6.07, 6.45) is 2.87. The quantitative estimate of drug-likeness (QED) is 0.862. The summed E-state index contributed by atoms with van der Waals surface area (Å²) < 4.78 is 1.73. The lowest BCUT2D eigenvalue weighted by molar-refractivity contribution is 0.558. The van der Waals surface area contributed by atoms with Crippen molar-refractivity contribution in [1.82, 2.24) is 9.78 Å². The number of H-pyrrole nitrogens is 1. The SMILES string of the molecule is CCc1[nH]n(CCCc2ccccc2)c(=O)c1C. The zero-order chi connectivity index (χ0) is 13.0. The first-order chi connectivity index (χ1) is 8.72. The molecule has 1 aromatic carbocycles. The molecule has 0 aliphatic rings. The van der Waals surface area contributed by atoms with Crippen molar-refractivity contribution in [3.05, 3.63) is 57.5 Å². The number of hydrogen-bond donors (Lipinski definition) is 1. The standard InChI is InChI=1S/C15H20N2O/c1-3-14-12(2)15(18)17(16-14)11-7-10-13-8-5-4-6-9-13/h4-6,8-9,16H,3,7,10-11H2,1-2H3. The van der Waals surface area contributed by atoms with Gasteiger partial charge in [-0.3, -0.25) is 14.6 Å². The van der Waals surface area contributed by atoms with Gasteiger partial charge < -0.3 is 0 Å². The molecule has 0 bridgehead atoms. The first-order valence-corrected chi connectivity index (χ1v) is 6.54. The molecule has 0 saturated heterocycles. The van der Waals surface area contributed by atoms with E-state index in [-0.39, 0.29) is 5.56 Å². The lowest BCUT2D eigenvalue weighted by Gasteiger charge is -2.02. The molecular formula is C15H20N2O. The van der Waals surface area contributed by atoms with Crippen LogP contribution in [0.25, 0.3) is 0 Å². The molecule has 0 fully saturated rings. The predicted octanol–water partition coefficient (Wildman–Crippen LogP) is 2.68. The van der Waals surface area contributed by atoms with E-state index in [2.05, 4.69) is 36.3 Å². The van der Waals surface area contributed by atoms with E-state index in [4.69, 9.17) is 0 Å². The highest BCUT2D eigenvalue weighted by Gasteiger charge is 2.07. The zero-order valence-electron chi connectivity index (χ0n) is 11.1. The van der Waals surface area contributed by atoms with Gasteiger partial charge in [0.2, 0.25) is 0 Å². The van der Waals surface area contributed by atoms with Crippen LogP contribution in [0.5, 0.6) is 0 Å². The van der Waals surface area contributed by atoms with Crippen LogP contribution < -0.4 is 5.56 Å². The Balaban J connectivity index is 1.97. The van der Waals surface area contributed by atoms with E-state index in [1.807, 2.05) is 13.0 Å². The second-order valence-electron chi connectivity index (χ2n) is 4.61. The van der Waals surface area contributed by atoms with Crippen molar-refractivity contribution in [2.75, 3.05) is 0 Å². The van der Waals surface area contributed by atoms with E-state index in [1.54, 1.807) is 4.68 Å². The Morgan fingerprint density at radius 2 is 1.94 bits per heavy atom. The number of benzene rings is 1. The zero-order valence-corrected chi connectivity index (χ0v) is 11.1. The van der Waals surface area contributed by atoms with Crippen molar-refractivity contribution in [3.63, 3.8) is 0 Å². The van der Waals surface area contributed by atoms with Crippen LogP contribution in [-0.4, -0.2) is 9.78 Å². The highest BCUT2D eigenvalue weighted by Crippen LogP contribution is 2.04. The number of aryl methyl sites for hydroxylation is 3. The van der Waals surface area contributed by atoms with Gasteiger partial charge in [0.05, 0.1) is 0 Å². The molecule has 0 aliphatic carbocycles. The first-order valence-electron chi connectivity index (χ1n) is 6.54. The smallest absolute Gasteiger partial charge is 0.269 e. The van der Waals surface area contributed by atoms with E-state index in [0.29, 0.717) is 0 Å². The monoisotopic (exact) mass is 244 g/mol. The number of aromatic amines is 1. The maximum atomic E-state index is 11.9. The minimum absolute atomic E-state index is 0.125. The molecule has 0 saturated carbocycles. The largest absolute Gasteiger partial charge is 0.299 e. The molecule has 0 unspecified atom stereocenters. The Morgan fingerprint density at radius 3 is 2.56 bits per heavy atom. The molecular weight excluding hydrogens is 224 g/mol. The molecule has 2 rings (SSSR count). The van der Waals surface area contributed by atoms with Crippen LogP contribution in [0, 0.1) is 6.92 Å². The molecule has 0 amide bonds. The summed E-state index contributed by atoms with van der Waals surface area (Å²) in [4.78, 5) is 11.9. The van der Waals surface area contributed by atoms with Gasteiger partial charge >= 0.3 is 0 Å². The van der Waals surface area contributed by atoms with Crippen LogP contribution in [0.15, 0.2) is 35.1 Å². The van der Waals surface area contributed by atoms with Crippen molar-refractivity contribution in [1.29, 1.82) is 0 Å². The van der Waals surface area contributed by atoms with Gasteiger partial charge in [0.15, 0.2) is 0 Å². The predicted molar refractivity (Wildman–Crippen MR) is 73.9 cm³/mol. The van der Waals surface area contributed by atoms with Gasteiger partial charge in [-0.15, -0.1) is 0 Å². The average Bonchev–Trinajstić information content (AvgIpc) is 2.68. The van der Waals surface area contributed by atoms with Crippen molar-refractivity contribution < 1.29 is 0 Å². The molecule has 2 aromatic rings. The Kier molecular flexibility index (Phi) is 4.03. The van der Waals surface area contributed by atoms with Crippen molar-refractivity contribution in [3.8, 4) is 0 Å². The summed E-state index contributed by atoms with van der Waals surface area (Å²) >= 11 is 0. The van der Waals surface area contributed by atoms with E-state index in [1.165, 1.54) is 5.56 Å². The molecule has 0 atom stereocenters. The number of rotatable bonds is 5. The number of aromatic nitrogens is 2. The van der Waals surface area contributed by atoms with E-state index < -0.39 is 0 Å². The molecule has 96 valence electrons. The van der Waals surface area contributed by atoms with Crippen molar-refractivity contribution in [2.24, 2.45) is 0 Å². The fourth-order valence-corrected chi connectivity index (χ4v) is 2.22. The van der Waals surface area contributed by atoms with E-state index in [0.717, 1.165) is 37.1 Å². The molecule has 18 heavy (non-hydrogen) atoms. The van der Waals surface area contributed by atoms with Gasteiger partial charge in [-0.1, -0.05) is 37.3 Å². The molecule has 1 N–H and O–H groups in total. The summed E-state index contributed by atoms with van der Waals surface area (Å²) in [5.74, 6) is 0. The highest BCUT2D eigenvalue weighted by atomic mass is 16.1. The van der Waals surface area contributed by atoms with Crippen LogP contribution in [0.1, 0.15) is 30.2 Å². The third kappa shape index (κ3) is 2.73. The Morgan fingerprint density at radius 1 is 1.22 bits per heavy atom. The van der Waals surface area contributed by atoms with Crippen molar-refractivity contribution >= 4 is 0 Å². The van der Waals surface area contributed by atoms with Crippen LogP contribution in [0.2, 0.25) is 0 Å². The highest BCUT2D eigenvalue weighted by molar-refractivity contribution is 5.16.